The molecule has 0 saturated heterocycles. The maximum Gasteiger partial charge on any atom is 0.0814 e. The van der Waals surface area contributed by atoms with Crippen LogP contribution in [0.5, 0.6) is 0 Å². The number of aliphatic hydroxyl groups is 1. The summed E-state index contributed by atoms with van der Waals surface area (Å²) in [6.07, 6.45) is 1.51. The standard InChI is InChI=1S/C13H22N2O/c1-4-13(16,5-2)9-15-11-6-7-12(14)10(3)8-11/h6-8,15-16H,4-5,9,14H2,1-3H3. The second-order valence-electron chi connectivity index (χ2n) is 4.36. The Morgan fingerprint density at radius 2 is 1.94 bits per heavy atom. The monoisotopic (exact) mass is 222 g/mol. The summed E-state index contributed by atoms with van der Waals surface area (Å²) in [5.74, 6) is 0. The molecule has 1 aromatic carbocycles. The van der Waals surface area contributed by atoms with E-state index in [0.717, 1.165) is 29.8 Å². The first-order valence-electron chi connectivity index (χ1n) is 5.83. The van der Waals surface area contributed by atoms with Crippen molar-refractivity contribution < 1.29 is 5.11 Å². The largest absolute Gasteiger partial charge is 0.399 e. The molecule has 0 aliphatic heterocycles. The molecule has 4 N–H and O–H groups in total. The van der Waals surface area contributed by atoms with E-state index in [1.807, 2.05) is 39.0 Å². The van der Waals surface area contributed by atoms with Crippen LogP contribution < -0.4 is 11.1 Å². The van der Waals surface area contributed by atoms with Crippen LogP contribution in [0.3, 0.4) is 0 Å². The van der Waals surface area contributed by atoms with Crippen molar-refractivity contribution in [1.82, 2.24) is 0 Å². The summed E-state index contributed by atoms with van der Waals surface area (Å²) in [5.41, 5.74) is 7.99. The van der Waals surface area contributed by atoms with E-state index in [1.54, 1.807) is 0 Å². The third-order valence-corrected chi connectivity index (χ3v) is 3.21. The van der Waals surface area contributed by atoms with Gasteiger partial charge in [0.1, 0.15) is 0 Å². The van der Waals surface area contributed by atoms with Crippen molar-refractivity contribution in [3.8, 4) is 0 Å². The molecule has 0 aliphatic carbocycles. The van der Waals surface area contributed by atoms with Crippen LogP contribution in [0.2, 0.25) is 0 Å². The highest BCUT2D eigenvalue weighted by molar-refractivity contribution is 5.56. The van der Waals surface area contributed by atoms with Gasteiger partial charge in [0.2, 0.25) is 0 Å². The second kappa shape index (κ2) is 5.21. The molecule has 0 aromatic heterocycles. The van der Waals surface area contributed by atoms with E-state index < -0.39 is 5.60 Å². The molecule has 1 aromatic rings. The molecule has 3 nitrogen and oxygen atoms in total. The normalized spacial score (nSPS) is 11.5. The minimum atomic E-state index is -0.616. The maximum atomic E-state index is 10.1. The van der Waals surface area contributed by atoms with Gasteiger partial charge in [-0.15, -0.1) is 0 Å². The Labute approximate surface area is 97.7 Å². The van der Waals surface area contributed by atoms with Crippen molar-refractivity contribution in [3.63, 3.8) is 0 Å². The molecule has 0 bridgehead atoms. The Bertz CT molecular complexity index is 346. The van der Waals surface area contributed by atoms with Crippen LogP contribution in [0.15, 0.2) is 18.2 Å². The molecule has 3 heteroatoms. The van der Waals surface area contributed by atoms with Crippen LogP contribution in [-0.4, -0.2) is 17.3 Å². The lowest BCUT2D eigenvalue weighted by Crippen LogP contribution is -2.35. The predicted octanol–water partition coefficient (Wildman–Crippen LogP) is 2.54. The Kier molecular flexibility index (Phi) is 4.19. The summed E-state index contributed by atoms with van der Waals surface area (Å²) in [6.45, 7) is 6.55. The van der Waals surface area contributed by atoms with Gasteiger partial charge in [-0.2, -0.15) is 0 Å². The molecule has 0 atom stereocenters. The molecule has 0 radical (unpaired) electrons. The van der Waals surface area contributed by atoms with Crippen LogP contribution >= 0.6 is 0 Å². The van der Waals surface area contributed by atoms with Crippen LogP contribution in [0.4, 0.5) is 11.4 Å². The number of nitrogen functional groups attached to an aromatic ring is 1. The average molecular weight is 222 g/mol. The van der Waals surface area contributed by atoms with Crippen LogP contribution in [0, 0.1) is 6.92 Å². The van der Waals surface area contributed by atoms with Crippen molar-refractivity contribution in [2.24, 2.45) is 0 Å². The Morgan fingerprint density at radius 3 is 2.44 bits per heavy atom. The van der Waals surface area contributed by atoms with E-state index in [0.29, 0.717) is 6.54 Å². The van der Waals surface area contributed by atoms with Crippen LogP contribution in [-0.2, 0) is 0 Å². The molecule has 90 valence electrons. The fraction of sp³-hybridized carbons (Fsp3) is 0.538. The number of nitrogens with one attached hydrogen (secondary N) is 1. The summed E-state index contributed by atoms with van der Waals surface area (Å²) < 4.78 is 0. The van der Waals surface area contributed by atoms with Crippen molar-refractivity contribution in [1.29, 1.82) is 0 Å². The highest BCUT2D eigenvalue weighted by atomic mass is 16.3. The average Bonchev–Trinajstić information content (AvgIpc) is 2.30. The summed E-state index contributed by atoms with van der Waals surface area (Å²) in [7, 11) is 0. The van der Waals surface area contributed by atoms with Crippen LogP contribution in [0.1, 0.15) is 32.3 Å². The summed E-state index contributed by atoms with van der Waals surface area (Å²) in [5, 5.41) is 13.4. The van der Waals surface area contributed by atoms with Crippen molar-refractivity contribution in [2.75, 3.05) is 17.6 Å². The van der Waals surface area contributed by atoms with Gasteiger partial charge in [0.05, 0.1) is 5.60 Å². The lowest BCUT2D eigenvalue weighted by molar-refractivity contribution is 0.0457. The molecule has 0 aliphatic rings. The van der Waals surface area contributed by atoms with Gasteiger partial charge in [-0.25, -0.2) is 0 Å². The molecular formula is C13H22N2O. The molecule has 16 heavy (non-hydrogen) atoms. The zero-order valence-corrected chi connectivity index (χ0v) is 10.4. The van der Waals surface area contributed by atoms with Gasteiger partial charge < -0.3 is 16.2 Å². The zero-order chi connectivity index (χ0) is 12.2. The van der Waals surface area contributed by atoms with Crippen molar-refractivity contribution >= 4 is 11.4 Å². The highest BCUT2D eigenvalue weighted by Gasteiger charge is 2.21. The Morgan fingerprint density at radius 1 is 1.31 bits per heavy atom. The summed E-state index contributed by atoms with van der Waals surface area (Å²) >= 11 is 0. The third kappa shape index (κ3) is 3.14. The lowest BCUT2D eigenvalue weighted by atomic mass is 9.97. The first-order chi connectivity index (χ1) is 7.50. The fourth-order valence-corrected chi connectivity index (χ4v) is 1.55. The molecule has 0 spiro atoms. The molecule has 0 saturated carbocycles. The fourth-order valence-electron chi connectivity index (χ4n) is 1.55. The highest BCUT2D eigenvalue weighted by Crippen LogP contribution is 2.19. The molecule has 1 rings (SSSR count). The van der Waals surface area contributed by atoms with E-state index in [-0.39, 0.29) is 0 Å². The van der Waals surface area contributed by atoms with Gasteiger partial charge in [-0.05, 0) is 43.5 Å². The van der Waals surface area contributed by atoms with E-state index in [1.165, 1.54) is 0 Å². The van der Waals surface area contributed by atoms with E-state index in [2.05, 4.69) is 5.32 Å². The van der Waals surface area contributed by atoms with E-state index >= 15 is 0 Å². The lowest BCUT2D eigenvalue weighted by Gasteiger charge is -2.26. The number of aryl methyl sites for hydroxylation is 1. The topological polar surface area (TPSA) is 58.3 Å². The second-order valence-corrected chi connectivity index (χ2v) is 4.36. The smallest absolute Gasteiger partial charge is 0.0814 e. The van der Waals surface area contributed by atoms with Gasteiger partial charge >= 0.3 is 0 Å². The summed E-state index contributed by atoms with van der Waals surface area (Å²) in [4.78, 5) is 0. The number of benzene rings is 1. The predicted molar refractivity (Wildman–Crippen MR) is 69.6 cm³/mol. The van der Waals surface area contributed by atoms with Gasteiger partial charge in [0, 0.05) is 17.9 Å². The minimum absolute atomic E-state index is 0.573. The van der Waals surface area contributed by atoms with Crippen LogP contribution in [0.25, 0.3) is 0 Å². The number of rotatable bonds is 5. The van der Waals surface area contributed by atoms with Gasteiger partial charge in [-0.3, -0.25) is 0 Å². The van der Waals surface area contributed by atoms with Crippen molar-refractivity contribution in [2.45, 2.75) is 39.2 Å². The van der Waals surface area contributed by atoms with E-state index in [9.17, 15) is 5.11 Å². The number of nitrogens with two attached hydrogens (primary N) is 1. The number of hydrogen-bond donors (Lipinski definition) is 3. The first-order valence-corrected chi connectivity index (χ1v) is 5.83. The number of anilines is 2. The number of hydrogen-bond acceptors (Lipinski definition) is 3. The van der Waals surface area contributed by atoms with Gasteiger partial charge in [0.25, 0.3) is 0 Å². The maximum absolute atomic E-state index is 10.1. The van der Waals surface area contributed by atoms with Gasteiger partial charge in [0.15, 0.2) is 0 Å². The quantitative estimate of drug-likeness (QED) is 0.671. The Balaban J connectivity index is 2.64. The van der Waals surface area contributed by atoms with Crippen molar-refractivity contribution in [3.05, 3.63) is 23.8 Å². The molecule has 0 heterocycles. The molecule has 0 amide bonds. The summed E-state index contributed by atoms with van der Waals surface area (Å²) in [6, 6.07) is 5.82. The molecular weight excluding hydrogens is 200 g/mol. The van der Waals surface area contributed by atoms with Gasteiger partial charge in [-0.1, -0.05) is 13.8 Å². The third-order valence-electron chi connectivity index (χ3n) is 3.21. The Hall–Kier alpha value is -1.22. The SMILES string of the molecule is CCC(O)(CC)CNc1ccc(N)c(C)c1. The minimum Gasteiger partial charge on any atom is -0.399 e. The zero-order valence-electron chi connectivity index (χ0n) is 10.4. The first kappa shape index (κ1) is 12.8. The molecule has 0 unspecified atom stereocenters. The molecule has 0 fully saturated rings. The van der Waals surface area contributed by atoms with E-state index in [4.69, 9.17) is 5.73 Å².